The van der Waals surface area contributed by atoms with Crippen LogP contribution in [0.15, 0.2) is 28.7 Å². The number of hydrogen-bond acceptors (Lipinski definition) is 2. The number of hydrogen-bond donors (Lipinski definition) is 1. The Morgan fingerprint density at radius 1 is 1.44 bits per heavy atom. The van der Waals surface area contributed by atoms with E-state index < -0.39 is 0 Å². The number of rotatable bonds is 5. The molecule has 0 saturated carbocycles. The zero-order chi connectivity index (χ0) is 12.1. The number of nitrogens with two attached hydrogens (primary N) is 1. The second-order valence-corrected chi connectivity index (χ2v) is 5.26. The van der Waals surface area contributed by atoms with Crippen molar-refractivity contribution in [2.45, 2.75) is 25.9 Å². The highest BCUT2D eigenvalue weighted by Crippen LogP contribution is 2.13. The van der Waals surface area contributed by atoms with Crippen molar-refractivity contribution in [3.05, 3.63) is 34.3 Å². The van der Waals surface area contributed by atoms with Crippen molar-refractivity contribution in [1.29, 1.82) is 0 Å². The van der Waals surface area contributed by atoms with E-state index in [1.165, 1.54) is 5.56 Å². The van der Waals surface area contributed by atoms with Gasteiger partial charge in [0.2, 0.25) is 0 Å². The van der Waals surface area contributed by atoms with Crippen molar-refractivity contribution < 1.29 is 0 Å². The smallest absolute Gasteiger partial charge is 0.0901 e. The first-order chi connectivity index (χ1) is 7.54. The summed E-state index contributed by atoms with van der Waals surface area (Å²) < 4.78 is 1.10. The fraction of sp³-hybridized carbons (Fsp3) is 0.417. The Morgan fingerprint density at radius 3 is 2.44 bits per heavy atom. The number of halogens is 1. The molecule has 1 unspecified atom stereocenters. The van der Waals surface area contributed by atoms with Crippen molar-refractivity contribution in [2.24, 2.45) is 5.73 Å². The normalized spacial score (nSPS) is 12.8. The Kier molecular flexibility index (Phi) is 5.38. The highest BCUT2D eigenvalue weighted by atomic mass is 79.9. The molecule has 0 bridgehead atoms. The maximum absolute atomic E-state index is 5.71. The molecule has 0 aliphatic carbocycles. The molecule has 0 aliphatic rings. The second-order valence-electron chi connectivity index (χ2n) is 3.87. The van der Waals surface area contributed by atoms with Crippen molar-refractivity contribution in [3.8, 4) is 0 Å². The van der Waals surface area contributed by atoms with Crippen LogP contribution >= 0.6 is 28.1 Å². The highest BCUT2D eigenvalue weighted by molar-refractivity contribution is 9.10. The molecular formula is C12H17BrN2S. The lowest BCUT2D eigenvalue weighted by molar-refractivity contribution is 0.284. The van der Waals surface area contributed by atoms with E-state index >= 15 is 0 Å². The minimum atomic E-state index is 0.179. The first-order valence-electron chi connectivity index (χ1n) is 5.28. The lowest BCUT2D eigenvalue weighted by Crippen LogP contribution is -2.40. The van der Waals surface area contributed by atoms with E-state index in [9.17, 15) is 0 Å². The molecule has 16 heavy (non-hydrogen) atoms. The van der Waals surface area contributed by atoms with E-state index in [0.29, 0.717) is 4.99 Å². The van der Waals surface area contributed by atoms with Crippen molar-refractivity contribution in [3.63, 3.8) is 0 Å². The van der Waals surface area contributed by atoms with Gasteiger partial charge in [-0.05, 0) is 31.2 Å². The molecule has 0 aliphatic heterocycles. The molecular weight excluding hydrogens is 284 g/mol. The predicted octanol–water partition coefficient (Wildman–Crippen LogP) is 2.95. The fourth-order valence-electron chi connectivity index (χ4n) is 1.72. The van der Waals surface area contributed by atoms with Crippen LogP contribution in [-0.4, -0.2) is 23.0 Å². The minimum absolute atomic E-state index is 0.179. The maximum atomic E-state index is 5.71. The molecule has 0 amide bonds. The number of benzene rings is 1. The summed E-state index contributed by atoms with van der Waals surface area (Å²) in [5, 5.41) is 0. The van der Waals surface area contributed by atoms with Crippen LogP contribution in [0.1, 0.15) is 18.9 Å². The van der Waals surface area contributed by atoms with E-state index in [1.807, 2.05) is 12.1 Å². The molecule has 88 valence electrons. The van der Waals surface area contributed by atoms with Crippen LogP contribution in [0.25, 0.3) is 0 Å². The highest BCUT2D eigenvalue weighted by Gasteiger charge is 2.15. The molecule has 0 heterocycles. The van der Waals surface area contributed by atoms with Gasteiger partial charge in [-0.15, -0.1) is 0 Å². The van der Waals surface area contributed by atoms with Crippen LogP contribution in [0.4, 0.5) is 0 Å². The first kappa shape index (κ1) is 13.6. The number of nitrogens with zero attached hydrogens (tertiary/aromatic N) is 1. The Morgan fingerprint density at radius 2 is 2.00 bits per heavy atom. The van der Waals surface area contributed by atoms with E-state index in [2.05, 4.69) is 46.9 Å². The summed E-state index contributed by atoms with van der Waals surface area (Å²) in [4.78, 5) is 2.76. The van der Waals surface area contributed by atoms with Gasteiger partial charge in [0.15, 0.2) is 0 Å². The van der Waals surface area contributed by atoms with Gasteiger partial charge >= 0.3 is 0 Å². The van der Waals surface area contributed by atoms with E-state index in [4.69, 9.17) is 18.0 Å². The molecule has 0 radical (unpaired) electrons. The summed E-state index contributed by atoms with van der Waals surface area (Å²) in [6.07, 6.45) is 0.947. The van der Waals surface area contributed by atoms with Gasteiger partial charge in [0, 0.05) is 11.0 Å². The molecule has 0 fully saturated rings. The van der Waals surface area contributed by atoms with Gasteiger partial charge in [-0.25, -0.2) is 0 Å². The van der Waals surface area contributed by atoms with Crippen LogP contribution in [0.5, 0.6) is 0 Å². The summed E-state index contributed by atoms with van der Waals surface area (Å²) in [6.45, 7) is 2.96. The molecule has 0 aromatic heterocycles. The standard InChI is InChI=1S/C12H17BrN2S/c1-3-11(12(14)16)15(2)8-9-4-6-10(13)7-5-9/h4-7,11H,3,8H2,1-2H3,(H2,14,16). The number of likely N-dealkylation sites (N-methyl/N-ethyl adjacent to an activating group) is 1. The van der Waals surface area contributed by atoms with Gasteiger partial charge in [0.25, 0.3) is 0 Å². The van der Waals surface area contributed by atoms with Crippen molar-refractivity contribution in [2.75, 3.05) is 7.05 Å². The van der Waals surface area contributed by atoms with Crippen molar-refractivity contribution >= 4 is 33.1 Å². The summed E-state index contributed by atoms with van der Waals surface area (Å²) in [7, 11) is 2.05. The van der Waals surface area contributed by atoms with Crippen LogP contribution in [0.3, 0.4) is 0 Å². The van der Waals surface area contributed by atoms with Gasteiger partial charge in [0.1, 0.15) is 0 Å². The van der Waals surface area contributed by atoms with Crippen LogP contribution < -0.4 is 5.73 Å². The summed E-state index contributed by atoms with van der Waals surface area (Å²) in [5.74, 6) is 0. The topological polar surface area (TPSA) is 29.3 Å². The fourth-order valence-corrected chi connectivity index (χ4v) is 2.33. The van der Waals surface area contributed by atoms with E-state index in [0.717, 1.165) is 17.4 Å². The predicted molar refractivity (Wildman–Crippen MR) is 76.5 cm³/mol. The third kappa shape index (κ3) is 3.85. The average Bonchev–Trinajstić information content (AvgIpc) is 2.22. The summed E-state index contributed by atoms with van der Waals surface area (Å²) >= 11 is 8.48. The Balaban J connectivity index is 2.66. The maximum Gasteiger partial charge on any atom is 0.0901 e. The van der Waals surface area contributed by atoms with E-state index in [1.54, 1.807) is 0 Å². The zero-order valence-electron chi connectivity index (χ0n) is 9.61. The molecule has 1 atom stereocenters. The zero-order valence-corrected chi connectivity index (χ0v) is 12.0. The molecule has 2 nitrogen and oxygen atoms in total. The van der Waals surface area contributed by atoms with Crippen LogP contribution in [0.2, 0.25) is 0 Å². The Hall–Kier alpha value is -0.450. The van der Waals surface area contributed by atoms with Gasteiger partial charge in [-0.3, -0.25) is 4.90 Å². The molecule has 4 heteroatoms. The Labute approximate surface area is 111 Å². The minimum Gasteiger partial charge on any atom is -0.392 e. The van der Waals surface area contributed by atoms with Crippen LogP contribution in [-0.2, 0) is 6.54 Å². The lowest BCUT2D eigenvalue weighted by Gasteiger charge is -2.26. The molecule has 1 rings (SSSR count). The molecule has 2 N–H and O–H groups in total. The number of thiocarbonyl (C=S) groups is 1. The largest absolute Gasteiger partial charge is 0.392 e. The molecule has 0 saturated heterocycles. The quantitative estimate of drug-likeness (QED) is 0.848. The van der Waals surface area contributed by atoms with Gasteiger partial charge in [-0.2, -0.15) is 0 Å². The Bertz CT molecular complexity index is 351. The van der Waals surface area contributed by atoms with E-state index in [-0.39, 0.29) is 6.04 Å². The summed E-state index contributed by atoms with van der Waals surface area (Å²) in [6, 6.07) is 8.48. The molecule has 0 spiro atoms. The van der Waals surface area contributed by atoms with Gasteiger partial charge in [-0.1, -0.05) is 47.2 Å². The third-order valence-electron chi connectivity index (χ3n) is 2.59. The van der Waals surface area contributed by atoms with Gasteiger partial charge in [0.05, 0.1) is 11.0 Å². The average molecular weight is 301 g/mol. The first-order valence-corrected chi connectivity index (χ1v) is 6.48. The van der Waals surface area contributed by atoms with Crippen LogP contribution in [0, 0.1) is 0 Å². The van der Waals surface area contributed by atoms with Gasteiger partial charge < -0.3 is 5.73 Å². The van der Waals surface area contributed by atoms with Crippen molar-refractivity contribution in [1.82, 2.24) is 4.90 Å². The lowest BCUT2D eigenvalue weighted by atomic mass is 10.1. The molecule has 1 aromatic rings. The summed E-state index contributed by atoms with van der Waals surface area (Å²) in [5.41, 5.74) is 6.97. The molecule has 1 aromatic carbocycles. The third-order valence-corrected chi connectivity index (χ3v) is 3.39. The SMILES string of the molecule is CCC(C(N)=S)N(C)Cc1ccc(Br)cc1. The monoisotopic (exact) mass is 300 g/mol. The second kappa shape index (κ2) is 6.33.